The van der Waals surface area contributed by atoms with Gasteiger partial charge in [-0.25, -0.2) is 4.98 Å². The molecule has 1 aromatic carbocycles. The molecule has 2 heterocycles. The lowest BCUT2D eigenvalue weighted by Gasteiger charge is -1.97. The number of fused-ring (bicyclic) bond motifs is 1. The summed E-state index contributed by atoms with van der Waals surface area (Å²) in [5.74, 6) is -0.486. The monoisotopic (exact) mass is 302 g/mol. The fourth-order valence-electron chi connectivity index (χ4n) is 2.10. The molecule has 106 valence electrons. The molecule has 3 aromatic rings. The fraction of sp³-hybridized carbons (Fsp3) is 0.0769. The van der Waals surface area contributed by atoms with Crippen LogP contribution >= 0.6 is 11.3 Å². The Morgan fingerprint density at radius 1 is 1.48 bits per heavy atom. The van der Waals surface area contributed by atoms with Crippen LogP contribution in [0, 0.1) is 17.0 Å². The van der Waals surface area contributed by atoms with Crippen LogP contribution in [0.1, 0.15) is 15.4 Å². The number of primary amides is 1. The molecule has 0 atom stereocenters. The third-order valence-corrected chi connectivity index (χ3v) is 4.30. The predicted octanol–water partition coefficient (Wildman–Crippen LogP) is 2.38. The van der Waals surface area contributed by atoms with Crippen LogP contribution in [0.2, 0.25) is 0 Å². The number of nitro groups is 1. The number of benzene rings is 1. The van der Waals surface area contributed by atoms with E-state index in [0.717, 1.165) is 0 Å². The maximum Gasteiger partial charge on any atom is 0.270 e. The van der Waals surface area contributed by atoms with Crippen molar-refractivity contribution in [3.63, 3.8) is 0 Å². The predicted molar refractivity (Wildman–Crippen MR) is 78.4 cm³/mol. The zero-order chi connectivity index (χ0) is 15.1. The van der Waals surface area contributed by atoms with Crippen LogP contribution in [0.15, 0.2) is 30.5 Å². The lowest BCUT2D eigenvalue weighted by Crippen LogP contribution is -2.10. The van der Waals surface area contributed by atoms with Crippen molar-refractivity contribution in [3.05, 3.63) is 51.1 Å². The van der Waals surface area contributed by atoms with Gasteiger partial charge in [0.05, 0.1) is 10.6 Å². The third kappa shape index (κ3) is 2.15. The Hall–Kier alpha value is -2.74. The molecule has 21 heavy (non-hydrogen) atoms. The quantitative estimate of drug-likeness (QED) is 0.592. The molecule has 2 N–H and O–H groups in total. The van der Waals surface area contributed by atoms with E-state index in [9.17, 15) is 14.9 Å². The number of hydrogen-bond donors (Lipinski definition) is 1. The molecule has 0 aliphatic carbocycles. The first-order valence-corrected chi connectivity index (χ1v) is 6.82. The molecular weight excluding hydrogens is 292 g/mol. The van der Waals surface area contributed by atoms with E-state index >= 15 is 0 Å². The molecule has 0 radical (unpaired) electrons. The Kier molecular flexibility index (Phi) is 2.95. The second-order valence-corrected chi connectivity index (χ2v) is 5.44. The van der Waals surface area contributed by atoms with Crippen LogP contribution in [0.25, 0.3) is 16.2 Å². The number of imidazole rings is 1. The fourth-order valence-corrected chi connectivity index (χ4v) is 3.06. The van der Waals surface area contributed by atoms with E-state index < -0.39 is 10.8 Å². The van der Waals surface area contributed by atoms with Crippen LogP contribution in [0.4, 0.5) is 5.69 Å². The van der Waals surface area contributed by atoms with E-state index in [0.29, 0.717) is 26.8 Å². The van der Waals surface area contributed by atoms with Gasteiger partial charge in [-0.15, -0.1) is 0 Å². The summed E-state index contributed by atoms with van der Waals surface area (Å²) in [7, 11) is 0. The van der Waals surface area contributed by atoms with Gasteiger partial charge in [0.1, 0.15) is 4.88 Å². The van der Waals surface area contributed by atoms with Crippen LogP contribution in [0.3, 0.4) is 0 Å². The van der Waals surface area contributed by atoms with Crippen molar-refractivity contribution in [2.45, 2.75) is 6.92 Å². The SMILES string of the molecule is Cc1c(C(N)=O)sc2nc(-c3cccc([N+](=O)[O-])c3)cn12. The lowest BCUT2D eigenvalue weighted by atomic mass is 10.1. The summed E-state index contributed by atoms with van der Waals surface area (Å²) in [6.07, 6.45) is 1.74. The van der Waals surface area contributed by atoms with Crippen LogP contribution in [0.5, 0.6) is 0 Å². The van der Waals surface area contributed by atoms with Gasteiger partial charge in [0, 0.05) is 29.6 Å². The molecule has 2 aromatic heterocycles. The van der Waals surface area contributed by atoms with Gasteiger partial charge in [-0.05, 0) is 6.92 Å². The van der Waals surface area contributed by atoms with Gasteiger partial charge in [0.15, 0.2) is 4.96 Å². The number of hydrogen-bond acceptors (Lipinski definition) is 5. The Balaban J connectivity index is 2.12. The minimum absolute atomic E-state index is 0.0124. The highest BCUT2D eigenvalue weighted by Gasteiger charge is 2.16. The summed E-state index contributed by atoms with van der Waals surface area (Å²) in [6, 6.07) is 6.27. The third-order valence-electron chi connectivity index (χ3n) is 3.13. The van der Waals surface area contributed by atoms with Gasteiger partial charge in [-0.1, -0.05) is 23.5 Å². The first-order valence-electron chi connectivity index (χ1n) is 6.00. The summed E-state index contributed by atoms with van der Waals surface area (Å²) < 4.78 is 1.76. The van der Waals surface area contributed by atoms with Crippen molar-refractivity contribution in [1.82, 2.24) is 9.38 Å². The number of non-ortho nitro benzene ring substituents is 1. The number of nitrogens with zero attached hydrogens (tertiary/aromatic N) is 3. The molecule has 3 rings (SSSR count). The topological polar surface area (TPSA) is 104 Å². The molecule has 0 fully saturated rings. The van der Waals surface area contributed by atoms with E-state index in [2.05, 4.69) is 4.98 Å². The molecule has 0 aliphatic heterocycles. The minimum Gasteiger partial charge on any atom is -0.365 e. The van der Waals surface area contributed by atoms with Gasteiger partial charge in [0.2, 0.25) is 0 Å². The normalized spacial score (nSPS) is 10.9. The number of nitrogens with two attached hydrogens (primary N) is 1. The number of aromatic nitrogens is 2. The number of carbonyl (C=O) groups excluding carboxylic acids is 1. The Morgan fingerprint density at radius 3 is 2.86 bits per heavy atom. The number of nitro benzene ring substituents is 1. The first-order chi connectivity index (χ1) is 9.97. The summed E-state index contributed by atoms with van der Waals surface area (Å²) in [4.78, 5) is 27.1. The number of carbonyl (C=O) groups is 1. The Labute approximate surface area is 122 Å². The minimum atomic E-state index is -0.486. The number of rotatable bonds is 3. The molecule has 8 heteroatoms. The first kappa shape index (κ1) is 13.3. The number of aryl methyl sites for hydroxylation is 1. The van der Waals surface area contributed by atoms with E-state index in [-0.39, 0.29) is 5.69 Å². The second kappa shape index (κ2) is 4.67. The van der Waals surface area contributed by atoms with Crippen molar-refractivity contribution >= 4 is 27.9 Å². The van der Waals surface area contributed by atoms with E-state index in [1.54, 1.807) is 29.7 Å². The van der Waals surface area contributed by atoms with Crippen molar-refractivity contribution < 1.29 is 9.72 Å². The molecule has 0 bridgehead atoms. The van der Waals surface area contributed by atoms with Crippen molar-refractivity contribution in [1.29, 1.82) is 0 Å². The van der Waals surface area contributed by atoms with Crippen molar-refractivity contribution in [3.8, 4) is 11.3 Å². The lowest BCUT2D eigenvalue weighted by molar-refractivity contribution is -0.384. The maximum atomic E-state index is 11.3. The summed E-state index contributed by atoms with van der Waals surface area (Å²) in [6.45, 7) is 1.78. The van der Waals surface area contributed by atoms with Crippen LogP contribution in [-0.2, 0) is 0 Å². The second-order valence-electron chi connectivity index (χ2n) is 4.47. The largest absolute Gasteiger partial charge is 0.365 e. The van der Waals surface area contributed by atoms with E-state index in [1.165, 1.54) is 23.5 Å². The van der Waals surface area contributed by atoms with E-state index in [1.807, 2.05) is 0 Å². The molecule has 0 spiro atoms. The highest BCUT2D eigenvalue weighted by molar-refractivity contribution is 7.19. The molecule has 0 unspecified atom stereocenters. The van der Waals surface area contributed by atoms with E-state index in [4.69, 9.17) is 5.73 Å². The molecule has 0 saturated carbocycles. The highest BCUT2D eigenvalue weighted by Crippen LogP contribution is 2.28. The van der Waals surface area contributed by atoms with Gasteiger partial charge in [-0.2, -0.15) is 0 Å². The zero-order valence-electron chi connectivity index (χ0n) is 10.9. The van der Waals surface area contributed by atoms with Gasteiger partial charge >= 0.3 is 0 Å². The Bertz CT molecular complexity index is 881. The Morgan fingerprint density at radius 2 is 2.24 bits per heavy atom. The van der Waals surface area contributed by atoms with Gasteiger partial charge < -0.3 is 5.73 Å². The average Bonchev–Trinajstić information content (AvgIpc) is 2.99. The number of amides is 1. The highest BCUT2D eigenvalue weighted by atomic mass is 32.1. The zero-order valence-corrected chi connectivity index (χ0v) is 11.8. The molecule has 1 amide bonds. The molecule has 0 aliphatic rings. The summed E-state index contributed by atoms with van der Waals surface area (Å²) in [5, 5.41) is 10.8. The number of thiazole rings is 1. The standard InChI is InChI=1S/C13H10N4O3S/c1-7-11(12(14)18)21-13-15-10(6-16(7)13)8-3-2-4-9(5-8)17(19)20/h2-6H,1H3,(H2,14,18). The smallest absolute Gasteiger partial charge is 0.270 e. The molecule has 0 saturated heterocycles. The average molecular weight is 302 g/mol. The molecular formula is C13H10N4O3S. The van der Waals surface area contributed by atoms with Gasteiger partial charge in [-0.3, -0.25) is 19.3 Å². The maximum absolute atomic E-state index is 11.3. The van der Waals surface area contributed by atoms with Crippen molar-refractivity contribution in [2.75, 3.05) is 0 Å². The van der Waals surface area contributed by atoms with Crippen LogP contribution < -0.4 is 5.73 Å². The van der Waals surface area contributed by atoms with Gasteiger partial charge in [0.25, 0.3) is 11.6 Å². The van der Waals surface area contributed by atoms with Crippen molar-refractivity contribution in [2.24, 2.45) is 5.73 Å². The van der Waals surface area contributed by atoms with Crippen LogP contribution in [-0.4, -0.2) is 20.2 Å². The summed E-state index contributed by atoms with van der Waals surface area (Å²) >= 11 is 1.20. The molecule has 7 nitrogen and oxygen atoms in total. The summed E-state index contributed by atoms with van der Waals surface area (Å²) in [5.41, 5.74) is 7.29.